The van der Waals surface area contributed by atoms with Crippen molar-refractivity contribution < 1.29 is 0 Å². The summed E-state index contributed by atoms with van der Waals surface area (Å²) in [7, 11) is 0. The molecule has 0 aliphatic rings. The fourth-order valence-electron chi connectivity index (χ4n) is 4.35. The molecule has 0 amide bonds. The number of hydrogen-bond acceptors (Lipinski definition) is 2. The van der Waals surface area contributed by atoms with Crippen molar-refractivity contribution in [3.63, 3.8) is 0 Å². The summed E-state index contributed by atoms with van der Waals surface area (Å²) in [5.74, 6) is 0.775. The lowest BCUT2D eigenvalue weighted by atomic mass is 10.1. The summed E-state index contributed by atoms with van der Waals surface area (Å²) in [5.41, 5.74) is 9.06. The summed E-state index contributed by atoms with van der Waals surface area (Å²) in [4.78, 5) is 8.78. The van der Waals surface area contributed by atoms with Crippen LogP contribution >= 0.6 is 15.9 Å². The molecule has 0 bridgehead atoms. The molecule has 2 heterocycles. The first-order chi connectivity index (χ1) is 17.7. The van der Waals surface area contributed by atoms with Crippen molar-refractivity contribution >= 4 is 15.9 Å². The van der Waals surface area contributed by atoms with Gasteiger partial charge in [0.05, 0.1) is 22.6 Å². The van der Waals surface area contributed by atoms with Gasteiger partial charge in [-0.2, -0.15) is 5.10 Å². The number of aromatic nitrogens is 4. The molecule has 36 heavy (non-hydrogen) atoms. The van der Waals surface area contributed by atoms with Crippen molar-refractivity contribution in [2.75, 3.05) is 0 Å². The number of nitrogens with one attached hydrogen (secondary N) is 1. The zero-order valence-electron chi connectivity index (χ0n) is 19.7. The summed E-state index contributed by atoms with van der Waals surface area (Å²) in [5, 5.41) is 5.03. The third-order valence-corrected chi connectivity index (χ3v) is 6.90. The Morgan fingerprint density at radius 2 is 1.31 bits per heavy atom. The van der Waals surface area contributed by atoms with Crippen LogP contribution in [0.1, 0.15) is 5.56 Å². The molecule has 5 heteroatoms. The number of halogens is 1. The van der Waals surface area contributed by atoms with Gasteiger partial charge in [-0.1, -0.05) is 112 Å². The van der Waals surface area contributed by atoms with Crippen LogP contribution in [0.15, 0.2) is 120 Å². The third-order valence-electron chi connectivity index (χ3n) is 6.21. The number of aryl methyl sites for hydroxylation is 1. The number of hydrogen-bond donors (Lipinski definition) is 1. The maximum Gasteiger partial charge on any atom is 0.142 e. The Bertz CT molecular complexity index is 1570. The molecule has 0 aliphatic heterocycles. The van der Waals surface area contributed by atoms with Crippen molar-refractivity contribution in [3.05, 3.63) is 125 Å². The van der Waals surface area contributed by atoms with Gasteiger partial charge in [0.25, 0.3) is 0 Å². The number of rotatable bonds is 5. The van der Waals surface area contributed by atoms with Gasteiger partial charge in [-0.05, 0) is 25.1 Å². The van der Waals surface area contributed by atoms with Gasteiger partial charge in [-0.25, -0.2) is 9.67 Å². The molecule has 2 aromatic heterocycles. The molecule has 4 nitrogen and oxygen atoms in total. The zero-order chi connectivity index (χ0) is 24.5. The van der Waals surface area contributed by atoms with E-state index in [-0.39, 0.29) is 0 Å². The second kappa shape index (κ2) is 9.44. The quantitative estimate of drug-likeness (QED) is 0.243. The van der Waals surface area contributed by atoms with Crippen LogP contribution in [-0.2, 0) is 0 Å². The fraction of sp³-hybridized carbons (Fsp3) is 0.0323. The lowest BCUT2D eigenvalue weighted by molar-refractivity contribution is 0.883. The van der Waals surface area contributed by atoms with Gasteiger partial charge in [0.2, 0.25) is 0 Å². The van der Waals surface area contributed by atoms with E-state index in [9.17, 15) is 0 Å². The number of benzene rings is 4. The molecule has 0 saturated heterocycles. The van der Waals surface area contributed by atoms with Gasteiger partial charge >= 0.3 is 0 Å². The minimum absolute atomic E-state index is 0.775. The van der Waals surface area contributed by atoms with Crippen LogP contribution in [0.2, 0.25) is 0 Å². The van der Waals surface area contributed by atoms with Crippen LogP contribution < -0.4 is 0 Å². The Hall–Kier alpha value is -4.22. The van der Waals surface area contributed by atoms with Crippen LogP contribution in [-0.4, -0.2) is 19.7 Å². The van der Waals surface area contributed by atoms with Gasteiger partial charge in [-0.15, -0.1) is 0 Å². The van der Waals surface area contributed by atoms with E-state index in [0.717, 1.165) is 55.3 Å². The van der Waals surface area contributed by atoms with Crippen LogP contribution in [0.4, 0.5) is 0 Å². The molecule has 0 saturated carbocycles. The Labute approximate surface area is 218 Å². The Morgan fingerprint density at radius 3 is 2.00 bits per heavy atom. The van der Waals surface area contributed by atoms with Crippen LogP contribution in [0.25, 0.3) is 50.8 Å². The number of nitrogens with zero attached hydrogens (tertiary/aromatic N) is 3. The largest absolute Gasteiger partial charge is 0.337 e. The second-order valence-corrected chi connectivity index (χ2v) is 9.55. The Kier molecular flexibility index (Phi) is 5.84. The summed E-state index contributed by atoms with van der Waals surface area (Å²) >= 11 is 3.73. The van der Waals surface area contributed by atoms with E-state index in [4.69, 9.17) is 10.1 Å². The summed E-state index contributed by atoms with van der Waals surface area (Å²) in [6.45, 7) is 2.09. The van der Waals surface area contributed by atoms with E-state index in [0.29, 0.717) is 0 Å². The number of aromatic amines is 1. The molecule has 0 aliphatic carbocycles. The molecule has 174 valence electrons. The maximum atomic E-state index is 5.14. The first-order valence-corrected chi connectivity index (χ1v) is 12.6. The fourth-order valence-corrected chi connectivity index (χ4v) is 4.82. The zero-order valence-corrected chi connectivity index (χ0v) is 21.3. The number of imidazole rings is 1. The molecule has 1 N–H and O–H groups in total. The van der Waals surface area contributed by atoms with Crippen LogP contribution in [0.5, 0.6) is 0 Å². The predicted octanol–water partition coefficient (Wildman–Crippen LogP) is 8.33. The normalized spacial score (nSPS) is 11.1. The van der Waals surface area contributed by atoms with Crippen molar-refractivity contribution in [1.82, 2.24) is 19.7 Å². The smallest absolute Gasteiger partial charge is 0.142 e. The maximum absolute atomic E-state index is 5.14. The minimum atomic E-state index is 0.775. The van der Waals surface area contributed by atoms with Gasteiger partial charge in [0, 0.05) is 27.4 Å². The van der Waals surface area contributed by atoms with E-state index in [1.807, 2.05) is 59.3 Å². The highest BCUT2D eigenvalue weighted by Gasteiger charge is 2.21. The van der Waals surface area contributed by atoms with Crippen molar-refractivity contribution in [3.8, 4) is 50.8 Å². The third kappa shape index (κ3) is 4.18. The molecule has 4 aromatic carbocycles. The van der Waals surface area contributed by atoms with Gasteiger partial charge in [-0.3, -0.25) is 0 Å². The van der Waals surface area contributed by atoms with Gasteiger partial charge in [0.15, 0.2) is 0 Å². The monoisotopic (exact) mass is 530 g/mol. The Morgan fingerprint density at radius 1 is 0.667 bits per heavy atom. The second-order valence-electron chi connectivity index (χ2n) is 8.69. The molecule has 0 fully saturated rings. The average Bonchev–Trinajstić information content (AvgIpc) is 3.56. The predicted molar refractivity (Wildman–Crippen MR) is 150 cm³/mol. The first kappa shape index (κ1) is 22.3. The van der Waals surface area contributed by atoms with Crippen molar-refractivity contribution in [1.29, 1.82) is 0 Å². The minimum Gasteiger partial charge on any atom is -0.337 e. The lowest BCUT2D eigenvalue weighted by Gasteiger charge is -2.03. The molecule has 6 rings (SSSR count). The van der Waals surface area contributed by atoms with E-state index >= 15 is 0 Å². The molecule has 0 atom stereocenters. The Balaban J connectivity index is 1.58. The number of H-pyrrole nitrogens is 1. The van der Waals surface area contributed by atoms with Crippen LogP contribution in [0, 0.1) is 6.92 Å². The average molecular weight is 531 g/mol. The first-order valence-electron chi connectivity index (χ1n) is 11.8. The van der Waals surface area contributed by atoms with E-state index in [1.54, 1.807) is 0 Å². The van der Waals surface area contributed by atoms with Gasteiger partial charge < -0.3 is 4.98 Å². The molecular formula is C31H23BrN4. The molecule has 0 radical (unpaired) electrons. The van der Waals surface area contributed by atoms with Crippen molar-refractivity contribution in [2.45, 2.75) is 6.92 Å². The topological polar surface area (TPSA) is 46.5 Å². The lowest BCUT2D eigenvalue weighted by Crippen LogP contribution is -1.94. The van der Waals surface area contributed by atoms with E-state index in [2.05, 4.69) is 88.6 Å². The van der Waals surface area contributed by atoms with E-state index < -0.39 is 0 Å². The van der Waals surface area contributed by atoms with Crippen LogP contribution in [0.3, 0.4) is 0 Å². The van der Waals surface area contributed by atoms with Crippen molar-refractivity contribution in [2.24, 2.45) is 0 Å². The highest BCUT2D eigenvalue weighted by molar-refractivity contribution is 9.10. The molecule has 6 aromatic rings. The van der Waals surface area contributed by atoms with Gasteiger partial charge in [0.1, 0.15) is 11.5 Å². The highest BCUT2D eigenvalue weighted by Crippen LogP contribution is 2.38. The SMILES string of the molecule is Cc1ccc(-n2cc(-c3nc(-c4ccccc4)c(-c4ccccc4)[nH]3)c(-c3ccccc3Br)n2)cc1. The summed E-state index contributed by atoms with van der Waals surface area (Å²) < 4.78 is 2.91. The summed E-state index contributed by atoms with van der Waals surface area (Å²) in [6, 6.07) is 37.2. The standard InChI is InChI=1S/C31H23BrN4/c1-21-16-18-24(19-17-21)36-20-26(30(35-36)25-14-8-9-15-27(25)32)31-33-28(22-10-4-2-5-11-22)29(34-31)23-12-6-3-7-13-23/h2-20H,1H3,(H,33,34). The molecule has 0 spiro atoms. The van der Waals surface area contributed by atoms with E-state index in [1.165, 1.54) is 5.56 Å². The molecular weight excluding hydrogens is 508 g/mol. The summed E-state index contributed by atoms with van der Waals surface area (Å²) in [6.07, 6.45) is 2.06. The highest BCUT2D eigenvalue weighted by atomic mass is 79.9. The molecule has 0 unspecified atom stereocenters.